The van der Waals surface area contributed by atoms with E-state index in [4.69, 9.17) is 5.26 Å². The summed E-state index contributed by atoms with van der Waals surface area (Å²) >= 11 is 0. The first kappa shape index (κ1) is 11.1. The Bertz CT molecular complexity index is 519. The van der Waals surface area contributed by atoms with Gasteiger partial charge in [0, 0.05) is 20.1 Å². The molecule has 0 spiro atoms. The normalized spacial score (nSPS) is 16.0. The van der Waals surface area contributed by atoms with Crippen molar-refractivity contribution in [3.8, 4) is 6.07 Å². The van der Waals surface area contributed by atoms with Gasteiger partial charge in [-0.25, -0.2) is 0 Å². The van der Waals surface area contributed by atoms with Gasteiger partial charge in [-0.15, -0.1) is 0 Å². The highest BCUT2D eigenvalue weighted by molar-refractivity contribution is 6.41. The Morgan fingerprint density at radius 2 is 1.88 bits per heavy atom. The second-order valence-electron chi connectivity index (χ2n) is 3.81. The molecule has 5 heteroatoms. The van der Waals surface area contributed by atoms with Gasteiger partial charge in [0.25, 0.3) is 0 Å². The van der Waals surface area contributed by atoms with E-state index in [1.165, 1.54) is 9.80 Å². The van der Waals surface area contributed by atoms with Crippen molar-refractivity contribution in [2.45, 2.75) is 0 Å². The van der Waals surface area contributed by atoms with Gasteiger partial charge in [0.15, 0.2) is 0 Å². The molecule has 0 unspecified atom stereocenters. The van der Waals surface area contributed by atoms with E-state index < -0.39 is 11.8 Å². The molecule has 5 nitrogen and oxygen atoms in total. The van der Waals surface area contributed by atoms with E-state index in [1.807, 2.05) is 6.07 Å². The first-order valence-electron chi connectivity index (χ1n) is 5.21. The average Bonchev–Trinajstić information content (AvgIpc) is 2.36. The molecule has 0 aliphatic carbocycles. The lowest BCUT2D eigenvalue weighted by Crippen LogP contribution is -2.53. The fourth-order valence-electron chi connectivity index (χ4n) is 1.77. The number of carbonyl (C=O) groups is 2. The number of rotatable bonds is 1. The van der Waals surface area contributed by atoms with Crippen LogP contribution in [0.15, 0.2) is 24.3 Å². The van der Waals surface area contributed by atoms with Crippen LogP contribution in [0.4, 0.5) is 5.69 Å². The van der Waals surface area contributed by atoms with Crippen molar-refractivity contribution >= 4 is 17.5 Å². The standard InChI is InChI=1S/C12H11N3O2/c1-14-6-7-15(12(17)11(14)16)10-5-3-2-4-9(10)8-13/h2-5H,6-7H2,1H3. The van der Waals surface area contributed by atoms with Crippen molar-refractivity contribution in [2.75, 3.05) is 25.0 Å². The molecule has 0 atom stereocenters. The third-order valence-electron chi connectivity index (χ3n) is 2.75. The number of nitriles is 1. The molecule has 1 heterocycles. The predicted octanol–water partition coefficient (Wildman–Crippen LogP) is 0.363. The number of hydrogen-bond acceptors (Lipinski definition) is 3. The summed E-state index contributed by atoms with van der Waals surface area (Å²) < 4.78 is 0. The Kier molecular flexibility index (Phi) is 2.79. The molecule has 0 radical (unpaired) electrons. The molecule has 1 aromatic carbocycles. The first-order chi connectivity index (χ1) is 8.15. The second-order valence-corrected chi connectivity index (χ2v) is 3.81. The zero-order valence-corrected chi connectivity index (χ0v) is 9.38. The van der Waals surface area contributed by atoms with Crippen LogP contribution < -0.4 is 4.90 Å². The molecular formula is C12H11N3O2. The van der Waals surface area contributed by atoms with E-state index in [0.29, 0.717) is 24.3 Å². The van der Waals surface area contributed by atoms with Crippen LogP contribution in [-0.2, 0) is 9.59 Å². The second kappa shape index (κ2) is 4.26. The topological polar surface area (TPSA) is 64.4 Å². The molecule has 2 rings (SSSR count). The summed E-state index contributed by atoms with van der Waals surface area (Å²) in [6.45, 7) is 0.893. The number of hydrogen-bond donors (Lipinski definition) is 0. The fourth-order valence-corrected chi connectivity index (χ4v) is 1.77. The Balaban J connectivity index is 2.38. The van der Waals surface area contributed by atoms with E-state index in [9.17, 15) is 9.59 Å². The van der Waals surface area contributed by atoms with Gasteiger partial charge in [-0.05, 0) is 12.1 Å². The van der Waals surface area contributed by atoms with Crippen LogP contribution in [0.2, 0.25) is 0 Å². The molecule has 0 bridgehead atoms. The van der Waals surface area contributed by atoms with E-state index in [-0.39, 0.29) is 0 Å². The van der Waals surface area contributed by atoms with Crippen LogP contribution in [0, 0.1) is 11.3 Å². The summed E-state index contributed by atoms with van der Waals surface area (Å²) in [5.41, 5.74) is 0.902. The van der Waals surface area contributed by atoms with Gasteiger partial charge in [-0.3, -0.25) is 9.59 Å². The Morgan fingerprint density at radius 1 is 1.18 bits per heavy atom. The van der Waals surface area contributed by atoms with Crippen molar-refractivity contribution < 1.29 is 9.59 Å². The highest BCUT2D eigenvalue weighted by Crippen LogP contribution is 2.21. The predicted molar refractivity (Wildman–Crippen MR) is 61.1 cm³/mol. The highest BCUT2D eigenvalue weighted by Gasteiger charge is 2.32. The summed E-state index contributed by atoms with van der Waals surface area (Å²) in [4.78, 5) is 26.1. The van der Waals surface area contributed by atoms with E-state index >= 15 is 0 Å². The number of amides is 2. The fraction of sp³-hybridized carbons (Fsp3) is 0.250. The number of carbonyl (C=O) groups excluding carboxylic acids is 2. The molecule has 1 aliphatic rings. The Morgan fingerprint density at radius 3 is 2.59 bits per heavy atom. The summed E-state index contributed by atoms with van der Waals surface area (Å²) in [5.74, 6) is -1.12. The third kappa shape index (κ3) is 1.85. The van der Waals surface area contributed by atoms with E-state index in [2.05, 4.69) is 0 Å². The van der Waals surface area contributed by atoms with Gasteiger partial charge in [0.1, 0.15) is 6.07 Å². The van der Waals surface area contributed by atoms with Gasteiger partial charge in [-0.1, -0.05) is 12.1 Å². The molecule has 0 aromatic heterocycles. The van der Waals surface area contributed by atoms with Crippen LogP contribution in [0.5, 0.6) is 0 Å². The molecule has 1 saturated heterocycles. The van der Waals surface area contributed by atoms with Crippen molar-refractivity contribution in [1.82, 2.24) is 4.90 Å². The number of piperazine rings is 1. The molecule has 2 amide bonds. The smallest absolute Gasteiger partial charge is 0.316 e. The molecular weight excluding hydrogens is 218 g/mol. The molecule has 1 aromatic rings. The largest absolute Gasteiger partial charge is 0.336 e. The van der Waals surface area contributed by atoms with Crippen molar-refractivity contribution in [3.05, 3.63) is 29.8 Å². The summed E-state index contributed by atoms with van der Waals surface area (Å²) in [6, 6.07) is 8.80. The van der Waals surface area contributed by atoms with Crippen molar-refractivity contribution in [1.29, 1.82) is 5.26 Å². The zero-order chi connectivity index (χ0) is 12.4. The monoisotopic (exact) mass is 229 g/mol. The maximum Gasteiger partial charge on any atom is 0.316 e. The molecule has 86 valence electrons. The minimum Gasteiger partial charge on any atom is -0.336 e. The minimum absolute atomic E-state index is 0.401. The number of benzene rings is 1. The molecule has 0 N–H and O–H groups in total. The molecule has 17 heavy (non-hydrogen) atoms. The third-order valence-corrected chi connectivity index (χ3v) is 2.75. The summed E-state index contributed by atoms with van der Waals surface area (Å²) in [6.07, 6.45) is 0. The van der Waals surface area contributed by atoms with Gasteiger partial charge in [-0.2, -0.15) is 5.26 Å². The lowest BCUT2D eigenvalue weighted by atomic mass is 10.1. The number of likely N-dealkylation sites (N-methyl/N-ethyl adjacent to an activating group) is 1. The number of para-hydroxylation sites is 1. The molecule has 1 aliphatic heterocycles. The molecule has 0 saturated carbocycles. The van der Waals surface area contributed by atoms with E-state index in [0.717, 1.165) is 0 Å². The van der Waals surface area contributed by atoms with Crippen LogP contribution in [0.3, 0.4) is 0 Å². The quantitative estimate of drug-likeness (QED) is 0.653. The average molecular weight is 229 g/mol. The summed E-state index contributed by atoms with van der Waals surface area (Å²) in [5, 5.41) is 8.97. The molecule has 1 fully saturated rings. The van der Waals surface area contributed by atoms with Crippen molar-refractivity contribution in [3.63, 3.8) is 0 Å². The maximum absolute atomic E-state index is 11.8. The van der Waals surface area contributed by atoms with Crippen LogP contribution >= 0.6 is 0 Å². The van der Waals surface area contributed by atoms with Gasteiger partial charge in [0.05, 0.1) is 11.3 Å². The van der Waals surface area contributed by atoms with Crippen LogP contribution in [0.25, 0.3) is 0 Å². The lowest BCUT2D eigenvalue weighted by Gasteiger charge is -2.31. The minimum atomic E-state index is -0.582. The van der Waals surface area contributed by atoms with Gasteiger partial charge >= 0.3 is 11.8 Å². The number of nitrogens with zero attached hydrogens (tertiary/aromatic N) is 3. The SMILES string of the molecule is CN1CCN(c2ccccc2C#N)C(=O)C1=O. The van der Waals surface area contributed by atoms with E-state index in [1.54, 1.807) is 31.3 Å². The zero-order valence-electron chi connectivity index (χ0n) is 9.38. The van der Waals surface area contributed by atoms with Gasteiger partial charge in [0.2, 0.25) is 0 Å². The Hall–Kier alpha value is -2.35. The highest BCUT2D eigenvalue weighted by atomic mass is 16.2. The lowest BCUT2D eigenvalue weighted by molar-refractivity contribution is -0.145. The van der Waals surface area contributed by atoms with Crippen LogP contribution in [0.1, 0.15) is 5.56 Å². The number of anilines is 1. The maximum atomic E-state index is 11.8. The first-order valence-corrected chi connectivity index (χ1v) is 5.21. The Labute approximate surface area is 98.9 Å². The van der Waals surface area contributed by atoms with Crippen molar-refractivity contribution in [2.24, 2.45) is 0 Å². The van der Waals surface area contributed by atoms with Crippen LogP contribution in [-0.4, -0.2) is 36.9 Å². The van der Waals surface area contributed by atoms with Gasteiger partial charge < -0.3 is 9.80 Å². The summed E-state index contributed by atoms with van der Waals surface area (Å²) in [7, 11) is 1.59.